The van der Waals surface area contributed by atoms with Crippen molar-refractivity contribution >= 4 is 30.7 Å². The molecule has 1 aliphatic rings. The zero-order chi connectivity index (χ0) is 13.5. The van der Waals surface area contributed by atoms with Crippen molar-refractivity contribution in [3.05, 3.63) is 35.9 Å². The Morgan fingerprint density at radius 1 is 1.24 bits per heavy atom. The highest BCUT2D eigenvalue weighted by Crippen LogP contribution is 2.08. The van der Waals surface area contributed by atoms with Gasteiger partial charge in [0.15, 0.2) is 0 Å². The van der Waals surface area contributed by atoms with Crippen LogP contribution in [-0.2, 0) is 9.53 Å². The number of rotatable bonds is 5. The Morgan fingerprint density at radius 3 is 2.48 bits per heavy atom. The van der Waals surface area contributed by atoms with Crippen LogP contribution in [-0.4, -0.2) is 50.2 Å². The molecule has 1 fully saturated rings. The molecule has 120 valence electrons. The number of carbonyl (C=O) groups is 1. The molecule has 1 amide bonds. The number of nitrogens with two attached hydrogens (primary N) is 1. The minimum atomic E-state index is -0.592. The molecule has 21 heavy (non-hydrogen) atoms. The van der Waals surface area contributed by atoms with Gasteiger partial charge in [-0.2, -0.15) is 0 Å². The van der Waals surface area contributed by atoms with E-state index in [1.807, 2.05) is 30.3 Å². The molecule has 5 nitrogen and oxygen atoms in total. The lowest BCUT2D eigenvalue weighted by atomic mass is 10.1. The molecule has 0 saturated carbocycles. The molecule has 7 heteroatoms. The third-order valence-corrected chi connectivity index (χ3v) is 3.27. The van der Waals surface area contributed by atoms with Crippen molar-refractivity contribution in [2.45, 2.75) is 6.04 Å². The van der Waals surface area contributed by atoms with E-state index in [9.17, 15) is 4.79 Å². The second-order valence-electron chi connectivity index (χ2n) is 4.63. The number of benzene rings is 1. The molecule has 0 spiro atoms. The molecule has 2 rings (SSSR count). The summed E-state index contributed by atoms with van der Waals surface area (Å²) in [4.78, 5) is 14.2. The molecule has 1 atom stereocenters. The van der Waals surface area contributed by atoms with Gasteiger partial charge in [-0.05, 0) is 5.56 Å². The first-order chi connectivity index (χ1) is 9.27. The van der Waals surface area contributed by atoms with Gasteiger partial charge in [0, 0.05) is 26.2 Å². The molecular formula is C14H23Cl2N3O2. The summed E-state index contributed by atoms with van der Waals surface area (Å²) in [5, 5.41) is 2.88. The van der Waals surface area contributed by atoms with Crippen LogP contribution in [0.15, 0.2) is 30.3 Å². The van der Waals surface area contributed by atoms with Gasteiger partial charge in [0.2, 0.25) is 5.91 Å². The molecule has 1 unspecified atom stereocenters. The summed E-state index contributed by atoms with van der Waals surface area (Å²) in [6, 6.07) is 8.82. The zero-order valence-corrected chi connectivity index (χ0v) is 13.5. The van der Waals surface area contributed by atoms with Crippen LogP contribution in [0.2, 0.25) is 0 Å². The fourth-order valence-electron chi connectivity index (χ4n) is 2.08. The van der Waals surface area contributed by atoms with E-state index in [1.54, 1.807) is 0 Å². The largest absolute Gasteiger partial charge is 0.379 e. The van der Waals surface area contributed by atoms with Gasteiger partial charge in [-0.15, -0.1) is 24.8 Å². The molecule has 1 aromatic carbocycles. The average Bonchev–Trinajstić information content (AvgIpc) is 2.48. The second-order valence-corrected chi connectivity index (χ2v) is 4.63. The van der Waals surface area contributed by atoms with Crippen molar-refractivity contribution in [2.24, 2.45) is 5.73 Å². The van der Waals surface area contributed by atoms with Gasteiger partial charge in [0.1, 0.15) is 6.04 Å². The van der Waals surface area contributed by atoms with Crippen molar-refractivity contribution in [3.63, 3.8) is 0 Å². The highest BCUT2D eigenvalue weighted by atomic mass is 35.5. The SMILES string of the molecule is Cl.Cl.NC(C(=O)NCCN1CCOCC1)c1ccccc1. The summed E-state index contributed by atoms with van der Waals surface area (Å²) in [7, 11) is 0. The van der Waals surface area contributed by atoms with E-state index < -0.39 is 6.04 Å². The van der Waals surface area contributed by atoms with Gasteiger partial charge in [0.05, 0.1) is 13.2 Å². The number of hydrogen-bond donors (Lipinski definition) is 2. The van der Waals surface area contributed by atoms with E-state index in [2.05, 4.69) is 10.2 Å². The van der Waals surface area contributed by atoms with Crippen molar-refractivity contribution < 1.29 is 9.53 Å². The predicted molar refractivity (Wildman–Crippen MR) is 88.1 cm³/mol. The Morgan fingerprint density at radius 2 is 1.86 bits per heavy atom. The van der Waals surface area contributed by atoms with Gasteiger partial charge < -0.3 is 15.8 Å². The van der Waals surface area contributed by atoms with Gasteiger partial charge in [-0.25, -0.2) is 0 Å². The normalized spacial score (nSPS) is 16.2. The minimum absolute atomic E-state index is 0. The van der Waals surface area contributed by atoms with E-state index in [1.165, 1.54) is 0 Å². The molecule has 1 aromatic rings. The zero-order valence-electron chi connectivity index (χ0n) is 11.9. The predicted octanol–water partition coefficient (Wildman–Crippen LogP) is 0.978. The molecular weight excluding hydrogens is 313 g/mol. The van der Waals surface area contributed by atoms with Crippen molar-refractivity contribution in [2.75, 3.05) is 39.4 Å². The summed E-state index contributed by atoms with van der Waals surface area (Å²) in [6.07, 6.45) is 0. The lowest BCUT2D eigenvalue weighted by molar-refractivity contribution is -0.122. The minimum Gasteiger partial charge on any atom is -0.379 e. The van der Waals surface area contributed by atoms with Crippen LogP contribution in [0.3, 0.4) is 0 Å². The Labute approximate surface area is 138 Å². The monoisotopic (exact) mass is 335 g/mol. The van der Waals surface area contributed by atoms with Crippen LogP contribution >= 0.6 is 24.8 Å². The van der Waals surface area contributed by atoms with Crippen LogP contribution in [0.25, 0.3) is 0 Å². The number of halogens is 2. The topological polar surface area (TPSA) is 67.6 Å². The van der Waals surface area contributed by atoms with E-state index in [0.717, 1.165) is 38.4 Å². The highest BCUT2D eigenvalue weighted by molar-refractivity contribution is 5.85. The Hall–Kier alpha value is -0.850. The third-order valence-electron chi connectivity index (χ3n) is 3.27. The maximum atomic E-state index is 11.9. The number of carbonyl (C=O) groups excluding carboxylic acids is 1. The summed E-state index contributed by atoms with van der Waals surface area (Å²) >= 11 is 0. The average molecular weight is 336 g/mol. The van der Waals surface area contributed by atoms with Crippen LogP contribution in [0.1, 0.15) is 11.6 Å². The van der Waals surface area contributed by atoms with Crippen molar-refractivity contribution in [1.82, 2.24) is 10.2 Å². The lowest BCUT2D eigenvalue weighted by Crippen LogP contribution is -2.43. The number of nitrogens with zero attached hydrogens (tertiary/aromatic N) is 1. The second kappa shape index (κ2) is 10.8. The molecule has 1 heterocycles. The van der Waals surface area contributed by atoms with Gasteiger partial charge in [-0.1, -0.05) is 30.3 Å². The van der Waals surface area contributed by atoms with Crippen molar-refractivity contribution in [3.8, 4) is 0 Å². The lowest BCUT2D eigenvalue weighted by Gasteiger charge is -2.26. The molecule has 0 aliphatic carbocycles. The Kier molecular flexibility index (Phi) is 10.4. The first-order valence-electron chi connectivity index (χ1n) is 6.66. The first kappa shape index (κ1) is 20.1. The number of amides is 1. The fourth-order valence-corrected chi connectivity index (χ4v) is 2.08. The van der Waals surface area contributed by atoms with Crippen LogP contribution in [0.4, 0.5) is 0 Å². The first-order valence-corrected chi connectivity index (χ1v) is 6.66. The van der Waals surface area contributed by atoms with Crippen LogP contribution in [0.5, 0.6) is 0 Å². The molecule has 1 saturated heterocycles. The fraction of sp³-hybridized carbons (Fsp3) is 0.500. The summed E-state index contributed by atoms with van der Waals surface area (Å²) in [5.41, 5.74) is 6.75. The van der Waals surface area contributed by atoms with Gasteiger partial charge in [-0.3, -0.25) is 9.69 Å². The maximum Gasteiger partial charge on any atom is 0.241 e. The number of nitrogens with one attached hydrogen (secondary N) is 1. The quantitative estimate of drug-likeness (QED) is 0.841. The maximum absolute atomic E-state index is 11.9. The molecule has 0 aromatic heterocycles. The Balaban J connectivity index is 0.00000200. The van der Waals surface area contributed by atoms with Crippen LogP contribution < -0.4 is 11.1 Å². The standard InChI is InChI=1S/C14H21N3O2.2ClH/c15-13(12-4-2-1-3-5-12)14(18)16-6-7-17-8-10-19-11-9-17;;/h1-5,13H,6-11,15H2,(H,16,18);2*1H. The molecule has 1 aliphatic heterocycles. The molecule has 0 bridgehead atoms. The number of ether oxygens (including phenoxy) is 1. The molecule has 0 radical (unpaired) electrons. The number of hydrogen-bond acceptors (Lipinski definition) is 4. The molecule has 3 N–H and O–H groups in total. The van der Waals surface area contributed by atoms with E-state index in [4.69, 9.17) is 10.5 Å². The Bertz CT molecular complexity index is 400. The summed E-state index contributed by atoms with van der Waals surface area (Å²) in [6.45, 7) is 4.88. The van der Waals surface area contributed by atoms with E-state index >= 15 is 0 Å². The van der Waals surface area contributed by atoms with Crippen LogP contribution in [0, 0.1) is 0 Å². The number of morpholine rings is 1. The highest BCUT2D eigenvalue weighted by Gasteiger charge is 2.15. The van der Waals surface area contributed by atoms with Crippen molar-refractivity contribution in [1.29, 1.82) is 0 Å². The van der Waals surface area contributed by atoms with Gasteiger partial charge >= 0.3 is 0 Å². The summed E-state index contributed by atoms with van der Waals surface area (Å²) < 4.78 is 5.27. The summed E-state index contributed by atoms with van der Waals surface area (Å²) in [5.74, 6) is -0.126. The smallest absolute Gasteiger partial charge is 0.241 e. The third kappa shape index (κ3) is 6.63. The van der Waals surface area contributed by atoms with Gasteiger partial charge in [0.25, 0.3) is 0 Å². The van der Waals surface area contributed by atoms with E-state index in [-0.39, 0.29) is 30.7 Å². The van der Waals surface area contributed by atoms with E-state index in [0.29, 0.717) is 6.54 Å².